The summed E-state index contributed by atoms with van der Waals surface area (Å²) in [6.07, 6.45) is 1.42. The largest absolute Gasteiger partial charge is 0.465 e. The van der Waals surface area contributed by atoms with E-state index in [1.165, 1.54) is 13.4 Å². The van der Waals surface area contributed by atoms with Gasteiger partial charge in [-0.2, -0.15) is 0 Å². The lowest BCUT2D eigenvalue weighted by atomic mass is 10.2. The third kappa shape index (κ3) is 2.05. The van der Waals surface area contributed by atoms with Gasteiger partial charge in [-0.3, -0.25) is 4.79 Å². The second kappa shape index (κ2) is 4.80. The number of carbonyl (C=O) groups excluding carboxylic acids is 1. The number of rotatable bonds is 2. The fraction of sp³-hybridized carbons (Fsp3) is 0.214. The molecule has 6 nitrogen and oxygen atoms in total. The molecule has 0 radical (unpaired) electrons. The predicted octanol–water partition coefficient (Wildman–Crippen LogP) is 1.08. The Morgan fingerprint density at radius 2 is 2.05 bits per heavy atom. The van der Waals surface area contributed by atoms with E-state index in [9.17, 15) is 9.59 Å². The third-order valence-corrected chi connectivity index (χ3v) is 3.38. The monoisotopic (exact) mass is 271 g/mol. The van der Waals surface area contributed by atoms with Crippen molar-refractivity contribution < 1.29 is 9.53 Å². The molecule has 0 saturated carbocycles. The molecule has 0 amide bonds. The molecule has 1 aromatic heterocycles. The Labute approximate surface area is 115 Å². The Balaban J connectivity index is 1.84. The molecule has 1 aromatic carbocycles. The summed E-state index contributed by atoms with van der Waals surface area (Å²) in [5.74, 6) is -0.362. The summed E-state index contributed by atoms with van der Waals surface area (Å²) < 4.78 is 4.66. The molecule has 2 heterocycles. The first-order valence-electron chi connectivity index (χ1n) is 6.18. The van der Waals surface area contributed by atoms with Gasteiger partial charge in [-0.1, -0.05) is 0 Å². The van der Waals surface area contributed by atoms with Gasteiger partial charge in [-0.25, -0.2) is 9.78 Å². The zero-order chi connectivity index (χ0) is 14.1. The number of H-pyrrole nitrogens is 1. The zero-order valence-corrected chi connectivity index (χ0v) is 10.9. The van der Waals surface area contributed by atoms with E-state index in [1.54, 1.807) is 12.1 Å². The predicted molar refractivity (Wildman–Crippen MR) is 72.5 cm³/mol. The number of ether oxygens (including phenoxy) is 1. The molecular weight excluding hydrogens is 258 g/mol. The first-order chi connectivity index (χ1) is 9.69. The number of aromatic amines is 1. The molecule has 0 spiro atoms. The van der Waals surface area contributed by atoms with Crippen LogP contribution in [0.2, 0.25) is 0 Å². The maximum atomic E-state index is 11.7. The van der Waals surface area contributed by atoms with E-state index in [1.807, 2.05) is 17.0 Å². The summed E-state index contributed by atoms with van der Waals surface area (Å²) >= 11 is 0. The Kier molecular flexibility index (Phi) is 2.98. The first kappa shape index (κ1) is 12.4. The van der Waals surface area contributed by atoms with Crippen molar-refractivity contribution in [1.82, 2.24) is 9.97 Å². The molecular formula is C14H13N3O3. The van der Waals surface area contributed by atoms with Crippen molar-refractivity contribution >= 4 is 11.7 Å². The first-order valence-corrected chi connectivity index (χ1v) is 6.18. The van der Waals surface area contributed by atoms with E-state index in [0.29, 0.717) is 24.2 Å². The lowest BCUT2D eigenvalue weighted by Crippen LogP contribution is -2.17. The smallest absolute Gasteiger partial charge is 0.337 e. The number of nitrogens with zero attached hydrogens (tertiary/aromatic N) is 2. The number of nitrogens with one attached hydrogen (secondary N) is 1. The summed E-state index contributed by atoms with van der Waals surface area (Å²) in [7, 11) is 1.35. The SMILES string of the molecule is COC(=O)c1ccc(N2Cc3nc[nH]c(=O)c3C2)cc1. The molecule has 1 aliphatic heterocycles. The van der Waals surface area contributed by atoms with E-state index in [-0.39, 0.29) is 11.5 Å². The van der Waals surface area contributed by atoms with Crippen molar-refractivity contribution in [3.63, 3.8) is 0 Å². The summed E-state index contributed by atoms with van der Waals surface area (Å²) in [6, 6.07) is 7.10. The van der Waals surface area contributed by atoms with Gasteiger partial charge in [-0.05, 0) is 24.3 Å². The molecule has 20 heavy (non-hydrogen) atoms. The molecule has 0 fully saturated rings. The molecule has 2 aromatic rings. The fourth-order valence-corrected chi connectivity index (χ4v) is 2.30. The van der Waals surface area contributed by atoms with Crippen molar-refractivity contribution in [2.75, 3.05) is 12.0 Å². The lowest BCUT2D eigenvalue weighted by molar-refractivity contribution is 0.0601. The molecule has 6 heteroatoms. The molecule has 1 aliphatic rings. The second-order valence-corrected chi connectivity index (χ2v) is 4.55. The van der Waals surface area contributed by atoms with E-state index in [4.69, 9.17) is 0 Å². The van der Waals surface area contributed by atoms with Gasteiger partial charge >= 0.3 is 5.97 Å². The highest BCUT2D eigenvalue weighted by molar-refractivity contribution is 5.89. The number of methoxy groups -OCH3 is 1. The van der Waals surface area contributed by atoms with Gasteiger partial charge in [0.15, 0.2) is 0 Å². The number of carbonyl (C=O) groups is 1. The van der Waals surface area contributed by atoms with Crippen LogP contribution in [0, 0.1) is 0 Å². The van der Waals surface area contributed by atoms with E-state index in [0.717, 1.165) is 11.4 Å². The summed E-state index contributed by atoms with van der Waals surface area (Å²) in [5, 5.41) is 0. The van der Waals surface area contributed by atoms with Crippen molar-refractivity contribution in [2.24, 2.45) is 0 Å². The fourth-order valence-electron chi connectivity index (χ4n) is 2.30. The summed E-state index contributed by atoms with van der Waals surface area (Å²) in [5.41, 5.74) is 2.85. The highest BCUT2D eigenvalue weighted by atomic mass is 16.5. The van der Waals surface area contributed by atoms with Crippen molar-refractivity contribution in [2.45, 2.75) is 13.1 Å². The highest BCUT2D eigenvalue weighted by Gasteiger charge is 2.23. The number of benzene rings is 1. The third-order valence-electron chi connectivity index (χ3n) is 3.38. The van der Waals surface area contributed by atoms with Gasteiger partial charge in [0.05, 0.1) is 43.3 Å². The molecule has 1 N–H and O–H groups in total. The molecule has 0 unspecified atom stereocenters. The standard InChI is InChI=1S/C14H13N3O3/c1-20-14(19)9-2-4-10(5-3-9)17-6-11-12(7-17)15-8-16-13(11)18/h2-5,8H,6-7H2,1H3,(H,15,16,18). The van der Waals surface area contributed by atoms with E-state index < -0.39 is 0 Å². The molecule has 0 bridgehead atoms. The van der Waals surface area contributed by atoms with Gasteiger partial charge in [0.2, 0.25) is 0 Å². The number of hydrogen-bond donors (Lipinski definition) is 1. The van der Waals surface area contributed by atoms with Gasteiger partial charge in [-0.15, -0.1) is 0 Å². The Morgan fingerprint density at radius 3 is 2.70 bits per heavy atom. The van der Waals surface area contributed by atoms with Gasteiger partial charge in [0, 0.05) is 5.69 Å². The Bertz CT molecular complexity index is 706. The number of hydrogen-bond acceptors (Lipinski definition) is 5. The molecule has 0 aliphatic carbocycles. The lowest BCUT2D eigenvalue weighted by Gasteiger charge is -2.17. The molecule has 0 saturated heterocycles. The van der Waals surface area contributed by atoms with Crippen LogP contribution in [0.25, 0.3) is 0 Å². The molecule has 102 valence electrons. The van der Waals surface area contributed by atoms with Crippen LogP contribution in [0.15, 0.2) is 35.4 Å². The second-order valence-electron chi connectivity index (χ2n) is 4.55. The van der Waals surface area contributed by atoms with Crippen LogP contribution in [-0.2, 0) is 17.8 Å². The van der Waals surface area contributed by atoms with Crippen molar-refractivity contribution in [3.8, 4) is 0 Å². The number of aromatic nitrogens is 2. The molecule has 0 atom stereocenters. The average Bonchev–Trinajstić information content (AvgIpc) is 2.92. The van der Waals surface area contributed by atoms with Crippen LogP contribution in [-0.4, -0.2) is 23.0 Å². The zero-order valence-electron chi connectivity index (χ0n) is 10.9. The number of anilines is 1. The van der Waals surface area contributed by atoms with Crippen LogP contribution >= 0.6 is 0 Å². The van der Waals surface area contributed by atoms with Gasteiger partial charge in [0.1, 0.15) is 0 Å². The number of fused-ring (bicyclic) bond motifs is 1. The van der Waals surface area contributed by atoms with E-state index >= 15 is 0 Å². The topological polar surface area (TPSA) is 75.3 Å². The van der Waals surface area contributed by atoms with Gasteiger partial charge < -0.3 is 14.6 Å². The van der Waals surface area contributed by atoms with Crippen molar-refractivity contribution in [3.05, 3.63) is 57.8 Å². The van der Waals surface area contributed by atoms with Crippen LogP contribution < -0.4 is 10.5 Å². The Hall–Kier alpha value is -2.63. The van der Waals surface area contributed by atoms with Crippen LogP contribution in [0.1, 0.15) is 21.6 Å². The minimum absolute atomic E-state index is 0.0938. The van der Waals surface area contributed by atoms with Gasteiger partial charge in [0.25, 0.3) is 5.56 Å². The minimum Gasteiger partial charge on any atom is -0.465 e. The minimum atomic E-state index is -0.362. The Morgan fingerprint density at radius 1 is 1.30 bits per heavy atom. The van der Waals surface area contributed by atoms with Crippen molar-refractivity contribution in [1.29, 1.82) is 0 Å². The van der Waals surface area contributed by atoms with Crippen LogP contribution in [0.5, 0.6) is 0 Å². The maximum Gasteiger partial charge on any atom is 0.337 e. The quantitative estimate of drug-likeness (QED) is 0.827. The molecule has 3 rings (SSSR count). The number of esters is 1. The average molecular weight is 271 g/mol. The van der Waals surface area contributed by atoms with Crippen LogP contribution in [0.4, 0.5) is 5.69 Å². The highest BCUT2D eigenvalue weighted by Crippen LogP contribution is 2.25. The van der Waals surface area contributed by atoms with E-state index in [2.05, 4.69) is 14.7 Å². The summed E-state index contributed by atoms with van der Waals surface area (Å²) in [6.45, 7) is 1.12. The summed E-state index contributed by atoms with van der Waals surface area (Å²) in [4.78, 5) is 31.9. The van der Waals surface area contributed by atoms with Crippen LogP contribution in [0.3, 0.4) is 0 Å². The maximum absolute atomic E-state index is 11.7. The normalized spacial score (nSPS) is 13.2.